The highest BCUT2D eigenvalue weighted by Crippen LogP contribution is 2.14. The number of hydrogen-bond donors (Lipinski definition) is 2. The number of hydrogen-bond acceptors (Lipinski definition) is 3. The van der Waals surface area contributed by atoms with Crippen molar-refractivity contribution in [1.29, 1.82) is 0 Å². The van der Waals surface area contributed by atoms with E-state index in [1.165, 1.54) is 0 Å². The van der Waals surface area contributed by atoms with Gasteiger partial charge in [0.25, 0.3) is 0 Å². The van der Waals surface area contributed by atoms with Gasteiger partial charge in [0, 0.05) is 18.6 Å². The molecule has 1 saturated heterocycles. The average Bonchev–Trinajstić information content (AvgIpc) is 2.18. The molecule has 2 atom stereocenters. The Labute approximate surface area is 54.8 Å². The van der Waals surface area contributed by atoms with E-state index in [1.807, 2.05) is 0 Å². The maximum absolute atomic E-state index is 8.53. The Bertz CT molecular complexity index is 87.1. The third kappa shape index (κ3) is 1.64. The molecular formula is C6H13NO2. The topological polar surface area (TPSA) is 55.5 Å². The number of aliphatic hydroxyl groups excluding tert-OH is 1. The molecule has 0 aliphatic carbocycles. The first kappa shape index (κ1) is 6.99. The number of ether oxygens (including phenoxy) is 1. The number of rotatable bonds is 2. The first-order chi connectivity index (χ1) is 4.34. The zero-order valence-electron chi connectivity index (χ0n) is 5.42. The number of aliphatic hydroxyl groups is 1. The predicted octanol–water partition coefficient (Wildman–Crippen LogP) is -0.658. The van der Waals surface area contributed by atoms with Crippen LogP contribution in [0.2, 0.25) is 0 Å². The molecule has 2 unspecified atom stereocenters. The lowest BCUT2D eigenvalue weighted by Crippen LogP contribution is -2.28. The third-order valence-electron chi connectivity index (χ3n) is 1.75. The number of nitrogens with two attached hydrogens (primary N) is 1. The molecule has 3 nitrogen and oxygen atoms in total. The molecular weight excluding hydrogens is 118 g/mol. The molecule has 0 aromatic rings. The zero-order valence-corrected chi connectivity index (χ0v) is 5.42. The second-order valence-electron chi connectivity index (χ2n) is 2.47. The molecule has 1 aliphatic heterocycles. The van der Waals surface area contributed by atoms with E-state index >= 15 is 0 Å². The molecule has 1 fully saturated rings. The zero-order chi connectivity index (χ0) is 6.69. The first-order valence-corrected chi connectivity index (χ1v) is 3.28. The summed E-state index contributed by atoms with van der Waals surface area (Å²) >= 11 is 0. The smallest absolute Gasteiger partial charge is 0.0621 e. The molecule has 0 aromatic carbocycles. The van der Waals surface area contributed by atoms with Crippen molar-refractivity contribution in [3.63, 3.8) is 0 Å². The molecule has 0 radical (unpaired) electrons. The van der Waals surface area contributed by atoms with Gasteiger partial charge in [-0.05, 0) is 6.42 Å². The molecule has 1 heterocycles. The highest BCUT2D eigenvalue weighted by atomic mass is 16.5. The van der Waals surface area contributed by atoms with Gasteiger partial charge >= 0.3 is 0 Å². The standard InChI is InChI=1S/C6H13NO2/c7-6-4-9-3-5(6)1-2-8/h5-6,8H,1-4,7H2. The van der Waals surface area contributed by atoms with Crippen molar-refractivity contribution in [2.75, 3.05) is 19.8 Å². The lowest BCUT2D eigenvalue weighted by Gasteiger charge is -2.09. The average molecular weight is 131 g/mol. The van der Waals surface area contributed by atoms with Gasteiger partial charge in [-0.2, -0.15) is 0 Å². The second-order valence-corrected chi connectivity index (χ2v) is 2.47. The minimum Gasteiger partial charge on any atom is -0.396 e. The van der Waals surface area contributed by atoms with Crippen molar-refractivity contribution in [3.8, 4) is 0 Å². The fourth-order valence-electron chi connectivity index (χ4n) is 1.08. The van der Waals surface area contributed by atoms with E-state index in [2.05, 4.69) is 0 Å². The Balaban J connectivity index is 2.22. The van der Waals surface area contributed by atoms with Crippen LogP contribution in [-0.2, 0) is 4.74 Å². The lowest BCUT2D eigenvalue weighted by atomic mass is 10.0. The highest BCUT2D eigenvalue weighted by molar-refractivity contribution is 4.77. The molecule has 1 aliphatic rings. The van der Waals surface area contributed by atoms with Crippen LogP contribution < -0.4 is 5.73 Å². The third-order valence-corrected chi connectivity index (χ3v) is 1.75. The molecule has 9 heavy (non-hydrogen) atoms. The van der Waals surface area contributed by atoms with Gasteiger partial charge < -0.3 is 15.6 Å². The first-order valence-electron chi connectivity index (χ1n) is 3.28. The molecule has 54 valence electrons. The molecule has 3 heteroatoms. The molecule has 0 amide bonds. The van der Waals surface area contributed by atoms with Crippen LogP contribution >= 0.6 is 0 Å². The van der Waals surface area contributed by atoms with Crippen molar-refractivity contribution in [3.05, 3.63) is 0 Å². The van der Waals surface area contributed by atoms with Crippen LogP contribution in [0.3, 0.4) is 0 Å². The van der Waals surface area contributed by atoms with Gasteiger partial charge in [-0.1, -0.05) is 0 Å². The van der Waals surface area contributed by atoms with Crippen molar-refractivity contribution in [2.24, 2.45) is 11.7 Å². The van der Waals surface area contributed by atoms with E-state index in [0.717, 1.165) is 13.0 Å². The van der Waals surface area contributed by atoms with Gasteiger partial charge in [-0.25, -0.2) is 0 Å². The monoisotopic (exact) mass is 131 g/mol. The summed E-state index contributed by atoms with van der Waals surface area (Å²) in [7, 11) is 0. The maximum atomic E-state index is 8.53. The summed E-state index contributed by atoms with van der Waals surface area (Å²) in [4.78, 5) is 0. The summed E-state index contributed by atoms with van der Waals surface area (Å²) in [5, 5.41) is 8.53. The molecule has 0 saturated carbocycles. The Morgan fingerprint density at radius 3 is 2.78 bits per heavy atom. The van der Waals surface area contributed by atoms with Crippen LogP contribution in [-0.4, -0.2) is 31.0 Å². The van der Waals surface area contributed by atoms with Crippen molar-refractivity contribution in [1.82, 2.24) is 0 Å². The fourth-order valence-corrected chi connectivity index (χ4v) is 1.08. The van der Waals surface area contributed by atoms with E-state index < -0.39 is 0 Å². The largest absolute Gasteiger partial charge is 0.396 e. The van der Waals surface area contributed by atoms with Crippen LogP contribution in [0.5, 0.6) is 0 Å². The van der Waals surface area contributed by atoms with Crippen LogP contribution in [0, 0.1) is 5.92 Å². The van der Waals surface area contributed by atoms with Gasteiger partial charge in [-0.15, -0.1) is 0 Å². The van der Waals surface area contributed by atoms with Gasteiger partial charge in [0.05, 0.1) is 13.2 Å². The van der Waals surface area contributed by atoms with E-state index in [0.29, 0.717) is 12.5 Å². The van der Waals surface area contributed by atoms with E-state index in [-0.39, 0.29) is 12.6 Å². The Kier molecular flexibility index (Phi) is 2.45. The van der Waals surface area contributed by atoms with Gasteiger partial charge in [0.15, 0.2) is 0 Å². The van der Waals surface area contributed by atoms with Gasteiger partial charge in [0.2, 0.25) is 0 Å². The SMILES string of the molecule is NC1COCC1CCO. The summed E-state index contributed by atoms with van der Waals surface area (Å²) in [6.07, 6.45) is 0.779. The summed E-state index contributed by atoms with van der Waals surface area (Å²) < 4.78 is 5.09. The van der Waals surface area contributed by atoms with E-state index in [9.17, 15) is 0 Å². The van der Waals surface area contributed by atoms with E-state index in [1.54, 1.807) is 0 Å². The predicted molar refractivity (Wildman–Crippen MR) is 34.0 cm³/mol. The van der Waals surface area contributed by atoms with Crippen LogP contribution in [0.1, 0.15) is 6.42 Å². The second kappa shape index (κ2) is 3.15. The molecule has 1 rings (SSSR count). The van der Waals surface area contributed by atoms with Crippen molar-refractivity contribution in [2.45, 2.75) is 12.5 Å². The molecule has 0 spiro atoms. The van der Waals surface area contributed by atoms with Gasteiger partial charge in [0.1, 0.15) is 0 Å². The minimum atomic E-state index is 0.150. The maximum Gasteiger partial charge on any atom is 0.0621 e. The normalized spacial score (nSPS) is 35.3. The summed E-state index contributed by atoms with van der Waals surface area (Å²) in [5.74, 6) is 0.384. The highest BCUT2D eigenvalue weighted by Gasteiger charge is 2.23. The van der Waals surface area contributed by atoms with Crippen LogP contribution in [0.4, 0.5) is 0 Å². The van der Waals surface area contributed by atoms with Gasteiger partial charge in [-0.3, -0.25) is 0 Å². The fraction of sp³-hybridized carbons (Fsp3) is 1.00. The summed E-state index contributed by atoms with van der Waals surface area (Å²) in [5.41, 5.74) is 5.63. The quantitative estimate of drug-likeness (QED) is 0.523. The lowest BCUT2D eigenvalue weighted by molar-refractivity contribution is 0.175. The van der Waals surface area contributed by atoms with Crippen molar-refractivity contribution >= 4 is 0 Å². The Hall–Kier alpha value is -0.120. The Morgan fingerprint density at radius 1 is 1.56 bits per heavy atom. The van der Waals surface area contributed by atoms with Crippen LogP contribution in [0.25, 0.3) is 0 Å². The molecule has 0 aromatic heterocycles. The van der Waals surface area contributed by atoms with E-state index in [4.69, 9.17) is 15.6 Å². The summed E-state index contributed by atoms with van der Waals surface area (Å²) in [6, 6.07) is 0.150. The van der Waals surface area contributed by atoms with Crippen LogP contribution in [0.15, 0.2) is 0 Å². The minimum absolute atomic E-state index is 0.150. The summed E-state index contributed by atoms with van der Waals surface area (Å²) in [6.45, 7) is 1.61. The Morgan fingerprint density at radius 2 is 2.33 bits per heavy atom. The molecule has 0 bridgehead atoms. The molecule has 3 N–H and O–H groups in total. The van der Waals surface area contributed by atoms with Crippen molar-refractivity contribution < 1.29 is 9.84 Å².